The van der Waals surface area contributed by atoms with Gasteiger partial charge in [0, 0.05) is 19.5 Å². The molecule has 0 aliphatic carbocycles. The van der Waals surface area contributed by atoms with Gasteiger partial charge in [0.05, 0.1) is 12.1 Å². The van der Waals surface area contributed by atoms with Crippen molar-refractivity contribution in [2.75, 3.05) is 19.6 Å². The topological polar surface area (TPSA) is 61.4 Å². The predicted octanol–water partition coefficient (Wildman–Crippen LogP) is -0.525. The van der Waals surface area contributed by atoms with E-state index in [1.807, 2.05) is 11.8 Å². The van der Waals surface area contributed by atoms with Crippen LogP contribution >= 0.6 is 0 Å². The van der Waals surface area contributed by atoms with Crippen molar-refractivity contribution in [1.82, 2.24) is 15.5 Å². The normalized spacial score (nSPS) is 30.7. The number of likely N-dealkylation sites (N-methyl/N-ethyl adjacent to an activating group) is 1. The fourth-order valence-corrected chi connectivity index (χ4v) is 2.51. The van der Waals surface area contributed by atoms with Gasteiger partial charge in [0.2, 0.25) is 11.8 Å². The van der Waals surface area contributed by atoms with E-state index in [0.29, 0.717) is 13.0 Å². The maximum Gasteiger partial charge on any atom is 0.240 e. The zero-order valence-corrected chi connectivity index (χ0v) is 9.66. The molecule has 0 radical (unpaired) electrons. The first-order valence-corrected chi connectivity index (χ1v) is 6.03. The molecule has 2 N–H and O–H groups in total. The molecule has 2 atom stereocenters. The van der Waals surface area contributed by atoms with Crippen molar-refractivity contribution in [2.24, 2.45) is 0 Å². The third-order valence-electron chi connectivity index (χ3n) is 3.32. The van der Waals surface area contributed by atoms with Gasteiger partial charge in [0.1, 0.15) is 0 Å². The first-order valence-electron chi connectivity index (χ1n) is 6.03. The minimum absolute atomic E-state index is 0.0468. The molecule has 2 saturated heterocycles. The Morgan fingerprint density at radius 3 is 2.94 bits per heavy atom. The molecule has 5 heteroatoms. The Bertz CT molecular complexity index is 291. The van der Waals surface area contributed by atoms with Crippen LogP contribution in [0.5, 0.6) is 0 Å². The van der Waals surface area contributed by atoms with Crippen LogP contribution in [-0.4, -0.2) is 48.4 Å². The highest BCUT2D eigenvalue weighted by Gasteiger charge is 2.35. The van der Waals surface area contributed by atoms with Crippen LogP contribution in [0.4, 0.5) is 0 Å². The van der Waals surface area contributed by atoms with Gasteiger partial charge in [-0.3, -0.25) is 9.59 Å². The van der Waals surface area contributed by atoms with Gasteiger partial charge in [-0.1, -0.05) is 6.92 Å². The van der Waals surface area contributed by atoms with Crippen molar-refractivity contribution in [3.8, 4) is 0 Å². The van der Waals surface area contributed by atoms with Crippen LogP contribution in [0.15, 0.2) is 0 Å². The van der Waals surface area contributed by atoms with Crippen LogP contribution in [0.1, 0.15) is 26.2 Å². The van der Waals surface area contributed by atoms with E-state index in [4.69, 9.17) is 0 Å². The summed E-state index contributed by atoms with van der Waals surface area (Å²) >= 11 is 0. The molecular formula is C11H19N3O2. The van der Waals surface area contributed by atoms with Gasteiger partial charge in [0.15, 0.2) is 0 Å². The molecule has 0 aromatic heterocycles. The number of nitrogens with one attached hydrogen (secondary N) is 2. The van der Waals surface area contributed by atoms with E-state index in [9.17, 15) is 9.59 Å². The number of amides is 2. The minimum atomic E-state index is -0.0468. The second kappa shape index (κ2) is 4.82. The zero-order chi connectivity index (χ0) is 11.5. The first kappa shape index (κ1) is 11.4. The number of hydrogen-bond donors (Lipinski definition) is 2. The number of hydrogen-bond acceptors (Lipinski definition) is 3. The lowest BCUT2D eigenvalue weighted by Gasteiger charge is -2.36. The molecule has 0 saturated carbocycles. The molecule has 0 spiro atoms. The van der Waals surface area contributed by atoms with E-state index in [-0.39, 0.29) is 23.9 Å². The first-order chi connectivity index (χ1) is 7.72. The van der Waals surface area contributed by atoms with Crippen molar-refractivity contribution in [1.29, 1.82) is 0 Å². The Hall–Kier alpha value is -1.10. The maximum atomic E-state index is 12.1. The molecule has 2 unspecified atom stereocenters. The van der Waals surface area contributed by atoms with Gasteiger partial charge in [-0.15, -0.1) is 0 Å². The molecule has 16 heavy (non-hydrogen) atoms. The lowest BCUT2D eigenvalue weighted by Crippen LogP contribution is -2.54. The molecule has 2 fully saturated rings. The van der Waals surface area contributed by atoms with Crippen molar-refractivity contribution >= 4 is 11.8 Å². The summed E-state index contributed by atoms with van der Waals surface area (Å²) in [6, 6.07) is 0.0240. The SMILES string of the molecule is CCNC1CCCN(C2CNC(=O)C2)C1=O. The number of rotatable bonds is 3. The molecule has 0 aromatic carbocycles. The summed E-state index contributed by atoms with van der Waals surface area (Å²) in [6.45, 7) is 4.22. The zero-order valence-electron chi connectivity index (χ0n) is 9.66. The Morgan fingerprint density at radius 1 is 1.50 bits per heavy atom. The third-order valence-corrected chi connectivity index (χ3v) is 3.32. The van der Waals surface area contributed by atoms with Gasteiger partial charge in [-0.25, -0.2) is 0 Å². The molecule has 2 amide bonds. The summed E-state index contributed by atoms with van der Waals surface area (Å²) in [5.74, 6) is 0.220. The monoisotopic (exact) mass is 225 g/mol. The smallest absolute Gasteiger partial charge is 0.240 e. The average Bonchev–Trinajstić information content (AvgIpc) is 2.68. The maximum absolute atomic E-state index is 12.1. The Kier molecular flexibility index (Phi) is 3.43. The van der Waals surface area contributed by atoms with Gasteiger partial charge in [-0.05, 0) is 19.4 Å². The second-order valence-corrected chi connectivity index (χ2v) is 4.45. The molecule has 2 heterocycles. The van der Waals surface area contributed by atoms with E-state index >= 15 is 0 Å². The summed E-state index contributed by atoms with van der Waals surface area (Å²) in [6.07, 6.45) is 2.40. The highest BCUT2D eigenvalue weighted by atomic mass is 16.2. The molecule has 5 nitrogen and oxygen atoms in total. The van der Waals surface area contributed by atoms with Gasteiger partial charge < -0.3 is 15.5 Å². The van der Waals surface area contributed by atoms with Crippen LogP contribution in [-0.2, 0) is 9.59 Å². The summed E-state index contributed by atoms with van der Waals surface area (Å²) in [5, 5.41) is 5.98. The summed E-state index contributed by atoms with van der Waals surface area (Å²) in [5.41, 5.74) is 0. The summed E-state index contributed by atoms with van der Waals surface area (Å²) < 4.78 is 0. The van der Waals surface area contributed by atoms with Crippen molar-refractivity contribution in [2.45, 2.75) is 38.3 Å². The van der Waals surface area contributed by atoms with Crippen LogP contribution in [0, 0.1) is 0 Å². The fourth-order valence-electron chi connectivity index (χ4n) is 2.51. The number of carbonyl (C=O) groups excluding carboxylic acids is 2. The number of likely N-dealkylation sites (tertiary alicyclic amines) is 1. The van der Waals surface area contributed by atoms with Crippen molar-refractivity contribution in [3.63, 3.8) is 0 Å². The van der Waals surface area contributed by atoms with Crippen LogP contribution in [0.2, 0.25) is 0 Å². The quantitative estimate of drug-likeness (QED) is 0.679. The van der Waals surface area contributed by atoms with Crippen LogP contribution in [0.3, 0.4) is 0 Å². The largest absolute Gasteiger partial charge is 0.354 e. The van der Waals surface area contributed by atoms with Gasteiger partial charge in [0.25, 0.3) is 0 Å². The fraction of sp³-hybridized carbons (Fsp3) is 0.818. The molecule has 90 valence electrons. The number of carbonyl (C=O) groups is 2. The van der Waals surface area contributed by atoms with E-state index < -0.39 is 0 Å². The van der Waals surface area contributed by atoms with E-state index in [1.54, 1.807) is 0 Å². The number of nitrogens with zero attached hydrogens (tertiary/aromatic N) is 1. The van der Waals surface area contributed by atoms with E-state index in [0.717, 1.165) is 25.9 Å². The predicted molar refractivity (Wildman–Crippen MR) is 59.8 cm³/mol. The highest BCUT2D eigenvalue weighted by molar-refractivity contribution is 5.85. The average molecular weight is 225 g/mol. The number of piperidine rings is 1. The third kappa shape index (κ3) is 2.19. The van der Waals surface area contributed by atoms with Gasteiger partial charge in [-0.2, -0.15) is 0 Å². The molecule has 2 rings (SSSR count). The second-order valence-electron chi connectivity index (χ2n) is 4.45. The lowest BCUT2D eigenvalue weighted by molar-refractivity contribution is -0.138. The highest BCUT2D eigenvalue weighted by Crippen LogP contribution is 2.18. The Balaban J connectivity index is 1.98. The van der Waals surface area contributed by atoms with E-state index in [2.05, 4.69) is 10.6 Å². The molecule has 0 bridgehead atoms. The standard InChI is InChI=1S/C11H19N3O2/c1-2-12-9-4-3-5-14(11(9)16)8-6-10(15)13-7-8/h8-9,12H,2-7H2,1H3,(H,13,15). The minimum Gasteiger partial charge on any atom is -0.354 e. The molecule has 2 aliphatic heterocycles. The molecule has 0 aromatic rings. The van der Waals surface area contributed by atoms with Crippen molar-refractivity contribution in [3.05, 3.63) is 0 Å². The molecule has 2 aliphatic rings. The lowest BCUT2D eigenvalue weighted by atomic mass is 10.0. The Morgan fingerprint density at radius 2 is 2.31 bits per heavy atom. The summed E-state index contributed by atoms with van der Waals surface area (Å²) in [7, 11) is 0. The summed E-state index contributed by atoms with van der Waals surface area (Å²) in [4.78, 5) is 25.1. The Labute approximate surface area is 95.6 Å². The van der Waals surface area contributed by atoms with Crippen molar-refractivity contribution < 1.29 is 9.59 Å². The van der Waals surface area contributed by atoms with E-state index in [1.165, 1.54) is 0 Å². The van der Waals surface area contributed by atoms with Crippen LogP contribution < -0.4 is 10.6 Å². The van der Waals surface area contributed by atoms with Crippen LogP contribution in [0.25, 0.3) is 0 Å². The van der Waals surface area contributed by atoms with Gasteiger partial charge >= 0.3 is 0 Å². The molecular weight excluding hydrogens is 206 g/mol.